The quantitative estimate of drug-likeness (QED) is 0.496. The zero-order valence-corrected chi connectivity index (χ0v) is 16.4. The van der Waals surface area contributed by atoms with E-state index in [0.717, 1.165) is 16.7 Å². The molecule has 9 nitrogen and oxygen atoms in total. The molecule has 0 radical (unpaired) electrons. The Labute approximate surface area is 171 Å². The Morgan fingerprint density at radius 2 is 1.90 bits per heavy atom. The molecule has 0 fully saturated rings. The highest BCUT2D eigenvalue weighted by molar-refractivity contribution is 5.98. The molecule has 9 heteroatoms. The standard InChI is InChI=1S/C21H18N8O/c1-28-9-8-23-21(28)20-26-19(22)18-17(13-6-4-3-5-7-13)14(11-29(18)27-20)15-10-16(30-2)25-12-24-15/h3-12H,1-2H3,(H2,22,26,27). The van der Waals surface area contributed by atoms with Crippen LogP contribution in [0.25, 0.3) is 39.5 Å². The number of imidazole rings is 1. The summed E-state index contributed by atoms with van der Waals surface area (Å²) in [7, 11) is 3.46. The van der Waals surface area contributed by atoms with Crippen molar-refractivity contribution in [3.8, 4) is 39.9 Å². The first-order valence-electron chi connectivity index (χ1n) is 9.24. The van der Waals surface area contributed by atoms with Crippen molar-refractivity contribution in [2.75, 3.05) is 12.8 Å². The van der Waals surface area contributed by atoms with Gasteiger partial charge in [-0.2, -0.15) is 0 Å². The van der Waals surface area contributed by atoms with Crippen molar-refractivity contribution in [3.63, 3.8) is 0 Å². The Morgan fingerprint density at radius 1 is 1.07 bits per heavy atom. The SMILES string of the molecule is COc1cc(-c2cn3nc(-c4nccn4C)nc(N)c3c2-c2ccccc2)ncn1. The predicted molar refractivity (Wildman–Crippen MR) is 113 cm³/mol. The van der Waals surface area contributed by atoms with E-state index < -0.39 is 0 Å². The molecule has 5 aromatic rings. The number of nitrogen functional groups attached to an aromatic ring is 1. The second-order valence-electron chi connectivity index (χ2n) is 6.70. The number of hydrogen-bond acceptors (Lipinski definition) is 7. The van der Waals surface area contributed by atoms with Crippen molar-refractivity contribution in [1.82, 2.24) is 34.1 Å². The van der Waals surface area contributed by atoms with Crippen LogP contribution >= 0.6 is 0 Å². The Bertz CT molecular complexity index is 1360. The molecule has 0 aliphatic carbocycles. The largest absolute Gasteiger partial charge is 0.481 e. The number of nitrogens with zero attached hydrogens (tertiary/aromatic N) is 7. The van der Waals surface area contributed by atoms with Crippen LogP contribution in [0.3, 0.4) is 0 Å². The molecule has 0 aliphatic heterocycles. The van der Waals surface area contributed by atoms with Gasteiger partial charge >= 0.3 is 0 Å². The van der Waals surface area contributed by atoms with Crippen molar-refractivity contribution >= 4 is 11.3 Å². The second-order valence-corrected chi connectivity index (χ2v) is 6.70. The van der Waals surface area contributed by atoms with Gasteiger partial charge in [-0.05, 0) is 5.56 Å². The van der Waals surface area contributed by atoms with E-state index in [1.807, 2.05) is 54.3 Å². The number of benzene rings is 1. The summed E-state index contributed by atoms with van der Waals surface area (Å²) < 4.78 is 8.86. The number of aromatic nitrogens is 7. The smallest absolute Gasteiger partial charge is 0.218 e. The van der Waals surface area contributed by atoms with E-state index in [2.05, 4.69) is 25.0 Å². The maximum atomic E-state index is 6.43. The van der Waals surface area contributed by atoms with Gasteiger partial charge < -0.3 is 15.0 Å². The van der Waals surface area contributed by atoms with E-state index in [9.17, 15) is 0 Å². The third-order valence-electron chi connectivity index (χ3n) is 4.87. The molecular formula is C21H18N8O. The molecule has 5 rings (SSSR count). The van der Waals surface area contributed by atoms with Crippen molar-refractivity contribution in [1.29, 1.82) is 0 Å². The molecule has 1 aromatic carbocycles. The third kappa shape index (κ3) is 2.84. The fraction of sp³-hybridized carbons (Fsp3) is 0.0952. The highest BCUT2D eigenvalue weighted by atomic mass is 16.5. The van der Waals surface area contributed by atoms with Gasteiger partial charge in [-0.3, -0.25) is 0 Å². The number of rotatable bonds is 4. The van der Waals surface area contributed by atoms with Gasteiger partial charge in [0.1, 0.15) is 11.8 Å². The van der Waals surface area contributed by atoms with Crippen LogP contribution in [-0.2, 0) is 7.05 Å². The van der Waals surface area contributed by atoms with Crippen LogP contribution in [0.1, 0.15) is 0 Å². The average molecular weight is 398 g/mol. The minimum atomic E-state index is 0.356. The lowest BCUT2D eigenvalue weighted by Gasteiger charge is -2.08. The van der Waals surface area contributed by atoms with E-state index in [4.69, 9.17) is 10.5 Å². The summed E-state index contributed by atoms with van der Waals surface area (Å²) >= 11 is 0. The lowest BCUT2D eigenvalue weighted by molar-refractivity contribution is 0.397. The number of ether oxygens (including phenoxy) is 1. The fourth-order valence-corrected chi connectivity index (χ4v) is 3.47. The summed E-state index contributed by atoms with van der Waals surface area (Å²) in [6.07, 6.45) is 6.90. The molecule has 2 N–H and O–H groups in total. The number of fused-ring (bicyclic) bond motifs is 1. The molecule has 0 unspecified atom stereocenters. The summed E-state index contributed by atoms with van der Waals surface area (Å²) in [5.74, 6) is 1.90. The van der Waals surface area contributed by atoms with Gasteiger partial charge in [0.15, 0.2) is 11.6 Å². The average Bonchev–Trinajstić information content (AvgIpc) is 3.38. The molecule has 0 atom stereocenters. The van der Waals surface area contributed by atoms with Crippen LogP contribution in [0.15, 0.2) is 61.3 Å². The summed E-state index contributed by atoms with van der Waals surface area (Å²) in [5.41, 5.74) is 10.5. The normalized spacial score (nSPS) is 11.1. The Morgan fingerprint density at radius 3 is 2.63 bits per heavy atom. The van der Waals surface area contributed by atoms with Crippen LogP contribution < -0.4 is 10.5 Å². The van der Waals surface area contributed by atoms with Crippen molar-refractivity contribution in [3.05, 3.63) is 61.3 Å². The third-order valence-corrected chi connectivity index (χ3v) is 4.87. The highest BCUT2D eigenvalue weighted by Crippen LogP contribution is 2.38. The highest BCUT2D eigenvalue weighted by Gasteiger charge is 2.21. The van der Waals surface area contributed by atoms with Crippen LogP contribution in [0.4, 0.5) is 5.82 Å². The Hall–Kier alpha value is -4.27. The zero-order valence-electron chi connectivity index (χ0n) is 16.4. The van der Waals surface area contributed by atoms with E-state index in [1.54, 1.807) is 23.9 Å². The van der Waals surface area contributed by atoms with Crippen LogP contribution in [0.5, 0.6) is 5.88 Å². The topological polar surface area (TPSA) is 109 Å². The molecule has 0 aliphatic rings. The van der Waals surface area contributed by atoms with E-state index in [1.165, 1.54) is 6.33 Å². The molecule has 0 saturated heterocycles. The Balaban J connectivity index is 1.82. The molecular weight excluding hydrogens is 380 g/mol. The van der Waals surface area contributed by atoms with Gasteiger partial charge in [0.25, 0.3) is 0 Å². The van der Waals surface area contributed by atoms with Gasteiger partial charge in [-0.1, -0.05) is 30.3 Å². The molecule has 30 heavy (non-hydrogen) atoms. The second kappa shape index (κ2) is 6.96. The van der Waals surface area contributed by atoms with Crippen molar-refractivity contribution < 1.29 is 4.74 Å². The number of nitrogens with two attached hydrogens (primary N) is 1. The van der Waals surface area contributed by atoms with Crippen LogP contribution in [0, 0.1) is 0 Å². The monoisotopic (exact) mass is 398 g/mol. The van der Waals surface area contributed by atoms with Gasteiger partial charge in [-0.15, -0.1) is 5.10 Å². The first-order chi connectivity index (χ1) is 14.7. The van der Waals surface area contributed by atoms with Gasteiger partial charge in [0.05, 0.1) is 12.8 Å². The summed E-state index contributed by atoms with van der Waals surface area (Å²) in [6, 6.07) is 11.7. The van der Waals surface area contributed by atoms with Gasteiger partial charge in [-0.25, -0.2) is 24.5 Å². The lowest BCUT2D eigenvalue weighted by atomic mass is 10.0. The summed E-state index contributed by atoms with van der Waals surface area (Å²) in [5, 5.41) is 4.68. The number of aryl methyl sites for hydroxylation is 1. The summed E-state index contributed by atoms with van der Waals surface area (Å²) in [6.45, 7) is 0. The molecule has 4 heterocycles. The number of hydrogen-bond donors (Lipinski definition) is 1. The summed E-state index contributed by atoms with van der Waals surface area (Å²) in [4.78, 5) is 17.4. The molecule has 0 amide bonds. The van der Waals surface area contributed by atoms with E-state index in [0.29, 0.717) is 34.6 Å². The molecule has 0 bridgehead atoms. The van der Waals surface area contributed by atoms with Gasteiger partial charge in [0.2, 0.25) is 11.7 Å². The fourth-order valence-electron chi connectivity index (χ4n) is 3.47. The number of anilines is 1. The zero-order chi connectivity index (χ0) is 20.7. The van der Waals surface area contributed by atoms with Crippen LogP contribution in [0.2, 0.25) is 0 Å². The molecule has 0 saturated carbocycles. The van der Waals surface area contributed by atoms with Crippen molar-refractivity contribution in [2.45, 2.75) is 0 Å². The lowest BCUT2D eigenvalue weighted by Crippen LogP contribution is -2.05. The molecule has 148 valence electrons. The molecule has 0 spiro atoms. The Kier molecular flexibility index (Phi) is 4.13. The predicted octanol–water partition coefficient (Wildman–Crippen LogP) is 2.84. The first kappa shape index (κ1) is 17.8. The van der Waals surface area contributed by atoms with Crippen molar-refractivity contribution in [2.24, 2.45) is 7.05 Å². The minimum absolute atomic E-state index is 0.356. The van der Waals surface area contributed by atoms with E-state index in [-0.39, 0.29) is 0 Å². The maximum Gasteiger partial charge on any atom is 0.218 e. The minimum Gasteiger partial charge on any atom is -0.481 e. The maximum absolute atomic E-state index is 6.43. The molecule has 4 aromatic heterocycles. The number of methoxy groups -OCH3 is 1. The van der Waals surface area contributed by atoms with Gasteiger partial charge in [0, 0.05) is 42.8 Å². The first-order valence-corrected chi connectivity index (χ1v) is 9.24. The van der Waals surface area contributed by atoms with Crippen LogP contribution in [-0.4, -0.2) is 41.2 Å². The van der Waals surface area contributed by atoms with E-state index >= 15 is 0 Å².